The Hall–Kier alpha value is -2.68. The predicted molar refractivity (Wildman–Crippen MR) is 88.7 cm³/mol. The molecular formula is C19H16N2O. The third-order valence-electron chi connectivity index (χ3n) is 4.30. The first-order chi connectivity index (χ1) is 10.8. The molecule has 2 aliphatic rings. The molecule has 3 heteroatoms. The molecule has 0 aromatic heterocycles. The molecule has 0 fully saturated rings. The summed E-state index contributed by atoms with van der Waals surface area (Å²) in [7, 11) is 0. The van der Waals surface area contributed by atoms with Gasteiger partial charge in [-0.3, -0.25) is 9.79 Å². The fraction of sp³-hybridized carbons (Fsp3) is 0.158. The van der Waals surface area contributed by atoms with Gasteiger partial charge in [0.2, 0.25) is 0 Å². The average Bonchev–Trinajstić information content (AvgIpc) is 2.75. The Kier molecular flexibility index (Phi) is 3.11. The molecule has 1 aliphatic heterocycles. The van der Waals surface area contributed by atoms with Crippen LogP contribution in [0, 0.1) is 0 Å². The lowest BCUT2D eigenvalue weighted by atomic mass is 9.82. The molecule has 2 aromatic carbocycles. The largest absolute Gasteiger partial charge is 0.356 e. The second kappa shape index (κ2) is 5.26. The number of carbonyl (C=O) groups excluding carboxylic acids is 1. The maximum atomic E-state index is 12.5. The number of nitrogens with one attached hydrogen (secondary N) is 1. The van der Waals surface area contributed by atoms with Gasteiger partial charge in [0.05, 0.1) is 16.9 Å². The number of ketones is 1. The minimum atomic E-state index is 0.166. The van der Waals surface area contributed by atoms with Gasteiger partial charge in [-0.25, -0.2) is 0 Å². The summed E-state index contributed by atoms with van der Waals surface area (Å²) in [5.74, 6) is 0.401. The van der Waals surface area contributed by atoms with Gasteiger partial charge < -0.3 is 5.32 Å². The fourth-order valence-electron chi connectivity index (χ4n) is 3.15. The third kappa shape index (κ3) is 2.25. The van der Waals surface area contributed by atoms with Gasteiger partial charge in [0.1, 0.15) is 0 Å². The van der Waals surface area contributed by atoms with Crippen molar-refractivity contribution in [1.82, 2.24) is 0 Å². The second-order valence-corrected chi connectivity index (χ2v) is 5.73. The van der Waals surface area contributed by atoms with Gasteiger partial charge in [-0.2, -0.15) is 0 Å². The van der Waals surface area contributed by atoms with Gasteiger partial charge >= 0.3 is 0 Å². The molecule has 1 heterocycles. The minimum absolute atomic E-state index is 0.166. The molecule has 3 nitrogen and oxygen atoms in total. The van der Waals surface area contributed by atoms with Crippen LogP contribution in [0.3, 0.4) is 0 Å². The number of para-hydroxylation sites is 2. The van der Waals surface area contributed by atoms with Crippen molar-refractivity contribution in [2.24, 2.45) is 4.99 Å². The molecule has 0 saturated carbocycles. The van der Waals surface area contributed by atoms with Gasteiger partial charge in [-0.15, -0.1) is 0 Å². The zero-order valence-corrected chi connectivity index (χ0v) is 12.1. The Morgan fingerprint density at radius 1 is 0.955 bits per heavy atom. The van der Waals surface area contributed by atoms with Gasteiger partial charge in [0.15, 0.2) is 5.78 Å². The molecule has 0 amide bonds. The van der Waals surface area contributed by atoms with Gasteiger partial charge in [0, 0.05) is 18.3 Å². The number of carbonyl (C=O) groups is 1. The maximum Gasteiger partial charge on any atom is 0.166 e. The van der Waals surface area contributed by atoms with Crippen molar-refractivity contribution < 1.29 is 4.79 Å². The lowest BCUT2D eigenvalue weighted by molar-refractivity contribution is -0.115. The van der Waals surface area contributed by atoms with Crippen molar-refractivity contribution in [3.05, 3.63) is 71.4 Å². The smallest absolute Gasteiger partial charge is 0.166 e. The molecule has 108 valence electrons. The number of Topliss-reactive ketones (excluding diaryl/α,β-unsaturated/α-hetero) is 1. The first-order valence-electron chi connectivity index (χ1n) is 7.52. The van der Waals surface area contributed by atoms with E-state index in [0.717, 1.165) is 29.1 Å². The molecule has 0 spiro atoms. The van der Waals surface area contributed by atoms with E-state index in [1.54, 1.807) is 6.21 Å². The van der Waals surface area contributed by atoms with Crippen LogP contribution >= 0.6 is 0 Å². The molecule has 1 atom stereocenters. The Balaban J connectivity index is 1.71. The Labute approximate surface area is 129 Å². The number of anilines is 1. The van der Waals surface area contributed by atoms with E-state index in [-0.39, 0.29) is 11.7 Å². The zero-order valence-electron chi connectivity index (χ0n) is 12.1. The highest BCUT2D eigenvalue weighted by Gasteiger charge is 2.29. The molecular weight excluding hydrogens is 272 g/mol. The van der Waals surface area contributed by atoms with Crippen LogP contribution in [0.2, 0.25) is 0 Å². The van der Waals surface area contributed by atoms with E-state index in [9.17, 15) is 4.79 Å². The van der Waals surface area contributed by atoms with Gasteiger partial charge in [-0.05, 0) is 30.0 Å². The van der Waals surface area contributed by atoms with Crippen LogP contribution < -0.4 is 5.32 Å². The number of benzene rings is 2. The number of hydrogen-bond donors (Lipinski definition) is 1. The van der Waals surface area contributed by atoms with Gasteiger partial charge in [-0.1, -0.05) is 42.5 Å². The number of allylic oxidation sites excluding steroid dienone is 2. The molecule has 2 aromatic rings. The van der Waals surface area contributed by atoms with Gasteiger partial charge in [0.25, 0.3) is 0 Å². The van der Waals surface area contributed by atoms with E-state index < -0.39 is 0 Å². The number of fused-ring (bicyclic) bond motifs is 1. The lowest BCUT2D eigenvalue weighted by Gasteiger charge is -2.25. The predicted octanol–water partition coefficient (Wildman–Crippen LogP) is 4.22. The lowest BCUT2D eigenvalue weighted by Crippen LogP contribution is -2.22. The summed E-state index contributed by atoms with van der Waals surface area (Å²) in [6.45, 7) is 0. The first-order valence-corrected chi connectivity index (χ1v) is 7.52. The highest BCUT2D eigenvalue weighted by Crippen LogP contribution is 2.37. The highest BCUT2D eigenvalue weighted by atomic mass is 16.1. The molecule has 22 heavy (non-hydrogen) atoms. The van der Waals surface area contributed by atoms with Crippen molar-refractivity contribution in [3.63, 3.8) is 0 Å². The van der Waals surface area contributed by atoms with Crippen LogP contribution in [0.5, 0.6) is 0 Å². The fourth-order valence-corrected chi connectivity index (χ4v) is 3.15. The van der Waals surface area contributed by atoms with Crippen molar-refractivity contribution in [2.75, 3.05) is 5.32 Å². The topological polar surface area (TPSA) is 41.5 Å². The highest BCUT2D eigenvalue weighted by molar-refractivity contribution is 6.16. The number of nitrogens with zero attached hydrogens (tertiary/aromatic N) is 1. The molecule has 1 N–H and O–H groups in total. The van der Waals surface area contributed by atoms with E-state index in [1.807, 2.05) is 42.5 Å². The standard InChI is InChI=1S/C19H16N2O/c22-19-11-14(13-6-2-1-3-7-13)10-18-15(19)12-20-16-8-4-5-9-17(16)21-18/h1-9,12,14,21H,10-11H2/t14-/m0/s1. The molecule has 0 unspecified atom stereocenters. The summed E-state index contributed by atoms with van der Waals surface area (Å²) in [5.41, 5.74) is 4.77. The van der Waals surface area contributed by atoms with Crippen molar-refractivity contribution >= 4 is 23.4 Å². The number of rotatable bonds is 1. The van der Waals surface area contributed by atoms with Crippen LogP contribution in [-0.2, 0) is 4.79 Å². The van der Waals surface area contributed by atoms with Crippen molar-refractivity contribution in [1.29, 1.82) is 0 Å². The summed E-state index contributed by atoms with van der Waals surface area (Å²) in [6.07, 6.45) is 3.11. The molecule has 0 bridgehead atoms. The quantitative estimate of drug-likeness (QED) is 0.853. The van der Waals surface area contributed by atoms with Crippen molar-refractivity contribution in [2.45, 2.75) is 18.8 Å². The average molecular weight is 288 g/mol. The summed E-state index contributed by atoms with van der Waals surface area (Å²) >= 11 is 0. The monoisotopic (exact) mass is 288 g/mol. The molecule has 0 saturated heterocycles. The van der Waals surface area contributed by atoms with E-state index in [0.29, 0.717) is 6.42 Å². The summed E-state index contributed by atoms with van der Waals surface area (Å²) in [4.78, 5) is 17.0. The zero-order chi connectivity index (χ0) is 14.9. The number of hydrogen-bond acceptors (Lipinski definition) is 3. The Morgan fingerprint density at radius 3 is 2.59 bits per heavy atom. The SMILES string of the molecule is O=C1C[C@@H](c2ccccc2)CC2=C1C=Nc1ccccc1N2. The summed E-state index contributed by atoms with van der Waals surface area (Å²) in [5, 5.41) is 3.43. The van der Waals surface area contributed by atoms with Crippen LogP contribution in [0.15, 0.2) is 70.9 Å². The van der Waals surface area contributed by atoms with Crippen LogP contribution in [0.4, 0.5) is 11.4 Å². The summed E-state index contributed by atoms with van der Waals surface area (Å²) in [6, 6.07) is 18.1. The van der Waals surface area contributed by atoms with Crippen LogP contribution in [0.25, 0.3) is 0 Å². The van der Waals surface area contributed by atoms with Crippen molar-refractivity contribution in [3.8, 4) is 0 Å². The third-order valence-corrected chi connectivity index (χ3v) is 4.30. The second-order valence-electron chi connectivity index (χ2n) is 5.73. The Bertz CT molecular complexity index is 790. The van der Waals surface area contributed by atoms with E-state index in [2.05, 4.69) is 22.4 Å². The molecule has 4 rings (SSSR count). The van der Waals surface area contributed by atoms with Crippen LogP contribution in [-0.4, -0.2) is 12.0 Å². The Morgan fingerprint density at radius 2 is 1.73 bits per heavy atom. The van der Waals surface area contributed by atoms with E-state index in [4.69, 9.17) is 0 Å². The minimum Gasteiger partial charge on any atom is -0.356 e. The first kappa shape index (κ1) is 13.0. The summed E-state index contributed by atoms with van der Waals surface area (Å²) < 4.78 is 0. The van der Waals surface area contributed by atoms with Crippen LogP contribution in [0.1, 0.15) is 24.3 Å². The normalized spacial score (nSPS) is 20.0. The maximum absolute atomic E-state index is 12.5. The molecule has 0 radical (unpaired) electrons. The van der Waals surface area contributed by atoms with E-state index >= 15 is 0 Å². The molecule has 1 aliphatic carbocycles. The number of aliphatic imine (C=N–C) groups is 1. The van der Waals surface area contributed by atoms with E-state index in [1.165, 1.54) is 5.56 Å².